The highest BCUT2D eigenvalue weighted by molar-refractivity contribution is 5.85. The van der Waals surface area contributed by atoms with Crippen molar-refractivity contribution in [3.05, 3.63) is 53.1 Å². The van der Waals surface area contributed by atoms with Crippen LogP contribution in [-0.2, 0) is 6.42 Å². The molecule has 0 radical (unpaired) electrons. The van der Waals surface area contributed by atoms with Crippen LogP contribution in [0.15, 0.2) is 36.4 Å². The smallest absolute Gasteiger partial charge is 0.157 e. The van der Waals surface area contributed by atoms with E-state index in [0.29, 0.717) is 6.61 Å². The van der Waals surface area contributed by atoms with Gasteiger partial charge in [-0.2, -0.15) is 0 Å². The maximum atomic E-state index is 9.60. The third-order valence-electron chi connectivity index (χ3n) is 4.36. The van der Waals surface area contributed by atoms with Gasteiger partial charge in [0, 0.05) is 13.1 Å². The lowest BCUT2D eigenvalue weighted by molar-refractivity contribution is 0.209. The summed E-state index contributed by atoms with van der Waals surface area (Å²) in [6.45, 7) is 9.76. The van der Waals surface area contributed by atoms with Crippen LogP contribution < -0.4 is 4.74 Å². The Labute approximate surface area is 162 Å². The van der Waals surface area contributed by atoms with Crippen molar-refractivity contribution < 1.29 is 14.9 Å². The predicted octanol–water partition coefficient (Wildman–Crippen LogP) is 4.47. The van der Waals surface area contributed by atoms with Gasteiger partial charge in [-0.25, -0.2) is 0 Å². The molecule has 0 bridgehead atoms. The molecule has 0 aliphatic rings. The van der Waals surface area contributed by atoms with E-state index in [0.717, 1.165) is 43.8 Å². The standard InChI is InChI=1S/C21H29NO3.ClH/c1-4-11-22(12-10-18-8-9-19(23)20(24)15-18)13-14-25-21-16(2)6-5-7-17(21)3;/h5-9,15,23-24H,4,10-14H2,1-3H3;1H. The number of nitrogens with zero attached hydrogens (tertiary/aromatic N) is 1. The second-order valence-electron chi connectivity index (χ2n) is 6.48. The minimum absolute atomic E-state index is 0. The fraction of sp³-hybridized carbons (Fsp3) is 0.429. The molecule has 26 heavy (non-hydrogen) atoms. The Morgan fingerprint density at radius 2 is 1.62 bits per heavy atom. The minimum atomic E-state index is -0.0730. The summed E-state index contributed by atoms with van der Waals surface area (Å²) in [5.74, 6) is 0.858. The number of benzene rings is 2. The van der Waals surface area contributed by atoms with Crippen molar-refractivity contribution in [3.8, 4) is 17.2 Å². The van der Waals surface area contributed by atoms with Gasteiger partial charge in [-0.1, -0.05) is 31.2 Å². The largest absolute Gasteiger partial charge is 0.504 e. The summed E-state index contributed by atoms with van der Waals surface area (Å²) in [4.78, 5) is 2.37. The Morgan fingerprint density at radius 3 is 2.23 bits per heavy atom. The van der Waals surface area contributed by atoms with Gasteiger partial charge < -0.3 is 14.9 Å². The number of aromatic hydroxyl groups is 2. The SMILES string of the molecule is CCCN(CCOc1c(C)cccc1C)CCc1ccc(O)c(O)c1.Cl. The van der Waals surface area contributed by atoms with Gasteiger partial charge in [-0.15, -0.1) is 12.4 Å². The average molecular weight is 380 g/mol. The van der Waals surface area contributed by atoms with Gasteiger partial charge in [0.2, 0.25) is 0 Å². The molecule has 0 amide bonds. The zero-order valence-electron chi connectivity index (χ0n) is 15.9. The average Bonchev–Trinajstić information content (AvgIpc) is 2.58. The van der Waals surface area contributed by atoms with Gasteiger partial charge in [0.1, 0.15) is 12.4 Å². The molecule has 0 heterocycles. The Balaban J connectivity index is 0.00000338. The lowest BCUT2D eigenvalue weighted by Crippen LogP contribution is -2.31. The number of aryl methyl sites for hydroxylation is 2. The summed E-state index contributed by atoms with van der Waals surface area (Å²) in [7, 11) is 0. The molecule has 2 aromatic rings. The van der Waals surface area contributed by atoms with Gasteiger partial charge in [-0.3, -0.25) is 4.90 Å². The van der Waals surface area contributed by atoms with Crippen molar-refractivity contribution >= 4 is 12.4 Å². The Bertz CT molecular complexity index is 671. The van der Waals surface area contributed by atoms with Crippen LogP contribution in [0.3, 0.4) is 0 Å². The first-order chi connectivity index (χ1) is 12.0. The van der Waals surface area contributed by atoms with Crippen molar-refractivity contribution in [3.63, 3.8) is 0 Å². The quantitative estimate of drug-likeness (QED) is 0.631. The van der Waals surface area contributed by atoms with E-state index in [1.807, 2.05) is 12.1 Å². The second-order valence-corrected chi connectivity index (χ2v) is 6.48. The first-order valence-corrected chi connectivity index (χ1v) is 8.93. The van der Waals surface area contributed by atoms with Crippen LogP contribution in [0.2, 0.25) is 0 Å². The van der Waals surface area contributed by atoms with E-state index in [1.165, 1.54) is 11.1 Å². The summed E-state index contributed by atoms with van der Waals surface area (Å²) in [6.07, 6.45) is 1.92. The summed E-state index contributed by atoms with van der Waals surface area (Å²) < 4.78 is 6.02. The maximum absolute atomic E-state index is 9.60. The number of rotatable bonds is 9. The van der Waals surface area contributed by atoms with E-state index in [1.54, 1.807) is 12.1 Å². The third-order valence-corrected chi connectivity index (χ3v) is 4.36. The minimum Gasteiger partial charge on any atom is -0.504 e. The zero-order chi connectivity index (χ0) is 18.2. The molecule has 144 valence electrons. The number of phenols is 2. The fourth-order valence-corrected chi connectivity index (χ4v) is 2.97. The van der Waals surface area contributed by atoms with E-state index >= 15 is 0 Å². The Kier molecular flexibility index (Phi) is 9.31. The highest BCUT2D eigenvalue weighted by Crippen LogP contribution is 2.25. The van der Waals surface area contributed by atoms with Crippen LogP contribution in [0.5, 0.6) is 17.2 Å². The number of para-hydroxylation sites is 1. The molecule has 4 nitrogen and oxygen atoms in total. The molecule has 0 saturated heterocycles. The fourth-order valence-electron chi connectivity index (χ4n) is 2.97. The van der Waals surface area contributed by atoms with E-state index < -0.39 is 0 Å². The van der Waals surface area contributed by atoms with Crippen LogP contribution in [0.25, 0.3) is 0 Å². The van der Waals surface area contributed by atoms with Crippen molar-refractivity contribution in [2.45, 2.75) is 33.6 Å². The van der Waals surface area contributed by atoms with Crippen LogP contribution in [0, 0.1) is 13.8 Å². The van der Waals surface area contributed by atoms with Crippen LogP contribution >= 0.6 is 12.4 Å². The topological polar surface area (TPSA) is 52.9 Å². The van der Waals surface area contributed by atoms with Gasteiger partial charge in [0.15, 0.2) is 11.5 Å². The monoisotopic (exact) mass is 379 g/mol. The molecule has 2 N–H and O–H groups in total. The normalized spacial score (nSPS) is 10.6. The maximum Gasteiger partial charge on any atom is 0.157 e. The predicted molar refractivity (Wildman–Crippen MR) is 109 cm³/mol. The second kappa shape index (κ2) is 10.9. The van der Waals surface area contributed by atoms with Gasteiger partial charge in [0.05, 0.1) is 0 Å². The van der Waals surface area contributed by atoms with E-state index in [2.05, 4.69) is 37.8 Å². The van der Waals surface area contributed by atoms with Crippen molar-refractivity contribution in [2.75, 3.05) is 26.2 Å². The molecule has 0 atom stereocenters. The molecule has 0 aromatic heterocycles. The molecule has 0 aliphatic heterocycles. The van der Waals surface area contributed by atoms with Crippen LogP contribution in [0.1, 0.15) is 30.0 Å². The molecule has 0 saturated carbocycles. The molecule has 2 aromatic carbocycles. The lowest BCUT2D eigenvalue weighted by atomic mass is 10.1. The number of hydrogen-bond acceptors (Lipinski definition) is 4. The van der Waals surface area contributed by atoms with Crippen LogP contribution in [0.4, 0.5) is 0 Å². The lowest BCUT2D eigenvalue weighted by Gasteiger charge is -2.22. The van der Waals surface area contributed by atoms with Gasteiger partial charge in [0.25, 0.3) is 0 Å². The third kappa shape index (κ3) is 6.43. The Morgan fingerprint density at radius 1 is 0.923 bits per heavy atom. The van der Waals surface area contributed by atoms with E-state index in [4.69, 9.17) is 4.74 Å². The highest BCUT2D eigenvalue weighted by Gasteiger charge is 2.08. The first-order valence-electron chi connectivity index (χ1n) is 8.93. The molecule has 0 fully saturated rings. The van der Waals surface area contributed by atoms with E-state index in [-0.39, 0.29) is 23.9 Å². The summed E-state index contributed by atoms with van der Waals surface area (Å²) in [5.41, 5.74) is 3.36. The molecule has 0 unspecified atom stereocenters. The van der Waals surface area contributed by atoms with Crippen molar-refractivity contribution in [1.82, 2.24) is 4.90 Å². The molecule has 0 aliphatic carbocycles. The van der Waals surface area contributed by atoms with Crippen molar-refractivity contribution in [2.24, 2.45) is 0 Å². The molecule has 0 spiro atoms. The van der Waals surface area contributed by atoms with Crippen LogP contribution in [-0.4, -0.2) is 41.4 Å². The zero-order valence-corrected chi connectivity index (χ0v) is 16.7. The van der Waals surface area contributed by atoms with Gasteiger partial charge in [-0.05, 0) is 62.1 Å². The molecular weight excluding hydrogens is 350 g/mol. The summed E-state index contributed by atoms with van der Waals surface area (Å²) >= 11 is 0. The molecular formula is C21H30ClNO3. The number of ether oxygens (including phenoxy) is 1. The number of hydrogen-bond donors (Lipinski definition) is 2. The highest BCUT2D eigenvalue weighted by atomic mass is 35.5. The van der Waals surface area contributed by atoms with E-state index in [9.17, 15) is 10.2 Å². The molecule has 2 rings (SSSR count). The summed E-state index contributed by atoms with van der Waals surface area (Å²) in [6, 6.07) is 11.2. The summed E-state index contributed by atoms with van der Waals surface area (Å²) in [5, 5.41) is 19.0. The van der Waals surface area contributed by atoms with Crippen molar-refractivity contribution in [1.29, 1.82) is 0 Å². The Hall–Kier alpha value is -1.91. The van der Waals surface area contributed by atoms with Gasteiger partial charge >= 0.3 is 0 Å². The first kappa shape index (κ1) is 22.1. The molecule has 5 heteroatoms. The number of phenolic OH excluding ortho intramolecular Hbond substituents is 2. The number of halogens is 1.